The van der Waals surface area contributed by atoms with Gasteiger partial charge < -0.3 is 5.32 Å². The highest BCUT2D eigenvalue weighted by atomic mass is 79.9. The smallest absolute Gasteiger partial charge is 0.255 e. The van der Waals surface area contributed by atoms with Crippen LogP contribution < -0.4 is 5.32 Å². The van der Waals surface area contributed by atoms with E-state index in [0.29, 0.717) is 10.6 Å². The zero-order chi connectivity index (χ0) is 14.0. The van der Waals surface area contributed by atoms with Crippen LogP contribution in [-0.4, -0.2) is 5.91 Å². The van der Waals surface area contributed by atoms with Gasteiger partial charge in [0.25, 0.3) is 5.91 Å². The first kappa shape index (κ1) is 14.6. The number of carbonyl (C=O) groups is 1. The number of rotatable bonds is 2. The zero-order valence-electron chi connectivity index (χ0n) is 10.0. The molecule has 0 aromatic heterocycles. The molecule has 0 saturated heterocycles. The van der Waals surface area contributed by atoms with Gasteiger partial charge in [-0.25, -0.2) is 0 Å². The van der Waals surface area contributed by atoms with Crippen LogP contribution in [-0.2, 0) is 0 Å². The van der Waals surface area contributed by atoms with E-state index in [4.69, 9.17) is 11.6 Å². The summed E-state index contributed by atoms with van der Waals surface area (Å²) in [5.41, 5.74) is 2.27. The molecular weight excluding hydrogens is 393 g/mol. The first-order chi connectivity index (χ1) is 8.97. The van der Waals surface area contributed by atoms with Crippen molar-refractivity contribution in [1.29, 1.82) is 0 Å². The average molecular weight is 404 g/mol. The standard InChI is InChI=1S/C14H10Br2ClNO/c1-8-12(16)3-2-4-13(8)18-14(19)9-5-10(15)7-11(17)6-9/h2-7H,1H3,(H,18,19). The number of anilines is 1. The molecule has 2 rings (SSSR count). The van der Waals surface area contributed by atoms with E-state index in [1.165, 1.54) is 0 Å². The number of nitrogens with one attached hydrogen (secondary N) is 1. The van der Waals surface area contributed by atoms with E-state index >= 15 is 0 Å². The van der Waals surface area contributed by atoms with Crippen LogP contribution in [0.4, 0.5) is 5.69 Å². The van der Waals surface area contributed by atoms with E-state index in [0.717, 1.165) is 20.2 Å². The molecule has 0 aliphatic rings. The van der Waals surface area contributed by atoms with Crippen molar-refractivity contribution in [3.63, 3.8) is 0 Å². The Labute approximate surface area is 133 Å². The molecule has 0 spiro atoms. The van der Waals surface area contributed by atoms with Gasteiger partial charge in [-0.2, -0.15) is 0 Å². The predicted molar refractivity (Wildman–Crippen MR) is 86.0 cm³/mol. The molecule has 2 aromatic rings. The van der Waals surface area contributed by atoms with Gasteiger partial charge >= 0.3 is 0 Å². The number of halogens is 3. The van der Waals surface area contributed by atoms with Crippen LogP contribution in [0.15, 0.2) is 45.3 Å². The van der Waals surface area contributed by atoms with Crippen LogP contribution in [0.25, 0.3) is 0 Å². The lowest BCUT2D eigenvalue weighted by atomic mass is 10.1. The second-order valence-electron chi connectivity index (χ2n) is 4.02. The summed E-state index contributed by atoms with van der Waals surface area (Å²) < 4.78 is 1.73. The summed E-state index contributed by atoms with van der Waals surface area (Å²) in [6.07, 6.45) is 0. The van der Waals surface area contributed by atoms with E-state index in [1.807, 2.05) is 25.1 Å². The molecule has 0 unspecified atom stereocenters. The van der Waals surface area contributed by atoms with Gasteiger partial charge in [-0.3, -0.25) is 4.79 Å². The molecule has 0 bridgehead atoms. The lowest BCUT2D eigenvalue weighted by molar-refractivity contribution is 0.102. The molecule has 1 amide bonds. The van der Waals surface area contributed by atoms with Gasteiger partial charge in [0.05, 0.1) is 0 Å². The van der Waals surface area contributed by atoms with Gasteiger partial charge in [0.1, 0.15) is 0 Å². The Morgan fingerprint density at radius 1 is 1.21 bits per heavy atom. The Morgan fingerprint density at radius 3 is 2.63 bits per heavy atom. The summed E-state index contributed by atoms with van der Waals surface area (Å²) in [5.74, 6) is -0.190. The summed E-state index contributed by atoms with van der Waals surface area (Å²) in [5, 5.41) is 3.39. The van der Waals surface area contributed by atoms with E-state index in [2.05, 4.69) is 37.2 Å². The van der Waals surface area contributed by atoms with Crippen LogP contribution in [0, 0.1) is 6.92 Å². The minimum atomic E-state index is -0.190. The highest BCUT2D eigenvalue weighted by Crippen LogP contribution is 2.25. The maximum atomic E-state index is 12.2. The van der Waals surface area contributed by atoms with Crippen LogP contribution >= 0.6 is 43.5 Å². The molecule has 0 saturated carbocycles. The van der Waals surface area contributed by atoms with Crippen molar-refractivity contribution >= 4 is 55.1 Å². The van der Waals surface area contributed by atoms with E-state index in [-0.39, 0.29) is 5.91 Å². The van der Waals surface area contributed by atoms with Crippen molar-refractivity contribution < 1.29 is 4.79 Å². The predicted octanol–water partition coefficient (Wildman–Crippen LogP) is 5.43. The summed E-state index contributed by atoms with van der Waals surface area (Å²) in [7, 11) is 0. The first-order valence-corrected chi connectivity index (χ1v) is 7.46. The van der Waals surface area contributed by atoms with E-state index < -0.39 is 0 Å². The SMILES string of the molecule is Cc1c(Br)cccc1NC(=O)c1cc(Cl)cc(Br)c1. The van der Waals surface area contributed by atoms with Crippen LogP contribution in [0.2, 0.25) is 5.02 Å². The van der Waals surface area contributed by atoms with Crippen LogP contribution in [0.3, 0.4) is 0 Å². The lowest BCUT2D eigenvalue weighted by Gasteiger charge is -2.10. The van der Waals surface area contributed by atoms with Crippen molar-refractivity contribution in [1.82, 2.24) is 0 Å². The number of carbonyl (C=O) groups excluding carboxylic acids is 1. The van der Waals surface area contributed by atoms with E-state index in [9.17, 15) is 4.79 Å². The van der Waals surface area contributed by atoms with Crippen LogP contribution in [0.1, 0.15) is 15.9 Å². The molecule has 98 valence electrons. The molecule has 2 nitrogen and oxygen atoms in total. The Bertz CT molecular complexity index is 623. The third-order valence-corrected chi connectivity index (χ3v) is 4.18. The maximum Gasteiger partial charge on any atom is 0.255 e. The van der Waals surface area contributed by atoms with Gasteiger partial charge in [-0.15, -0.1) is 0 Å². The molecule has 1 N–H and O–H groups in total. The molecular formula is C14H10Br2ClNO. The Balaban J connectivity index is 2.28. The quantitative estimate of drug-likeness (QED) is 0.712. The van der Waals surface area contributed by atoms with Crippen molar-refractivity contribution in [2.75, 3.05) is 5.32 Å². The van der Waals surface area contributed by atoms with Crippen molar-refractivity contribution in [2.24, 2.45) is 0 Å². The monoisotopic (exact) mass is 401 g/mol. The molecule has 0 fully saturated rings. The zero-order valence-corrected chi connectivity index (χ0v) is 13.9. The molecule has 0 aliphatic heterocycles. The fourth-order valence-electron chi connectivity index (χ4n) is 1.62. The molecule has 0 radical (unpaired) electrons. The summed E-state index contributed by atoms with van der Waals surface area (Å²) >= 11 is 12.7. The highest BCUT2D eigenvalue weighted by Gasteiger charge is 2.10. The van der Waals surface area contributed by atoms with Gasteiger partial charge in [0.15, 0.2) is 0 Å². The fourth-order valence-corrected chi connectivity index (χ4v) is 2.85. The fraction of sp³-hybridized carbons (Fsp3) is 0.0714. The average Bonchev–Trinajstić information content (AvgIpc) is 2.33. The molecule has 0 aliphatic carbocycles. The second kappa shape index (κ2) is 6.07. The number of hydrogen-bond donors (Lipinski definition) is 1. The van der Waals surface area contributed by atoms with E-state index in [1.54, 1.807) is 18.2 Å². The maximum absolute atomic E-state index is 12.2. The Morgan fingerprint density at radius 2 is 1.95 bits per heavy atom. The molecule has 2 aromatic carbocycles. The highest BCUT2D eigenvalue weighted by molar-refractivity contribution is 9.10. The van der Waals surface area contributed by atoms with Crippen molar-refractivity contribution in [3.8, 4) is 0 Å². The number of benzene rings is 2. The second-order valence-corrected chi connectivity index (χ2v) is 6.23. The van der Waals surface area contributed by atoms with Gasteiger partial charge in [0.2, 0.25) is 0 Å². The van der Waals surface area contributed by atoms with Crippen molar-refractivity contribution in [2.45, 2.75) is 6.92 Å². The Kier molecular flexibility index (Phi) is 4.66. The van der Waals surface area contributed by atoms with Gasteiger partial charge in [-0.05, 0) is 42.8 Å². The molecule has 5 heteroatoms. The Hall–Kier alpha value is -0.840. The van der Waals surface area contributed by atoms with Crippen LogP contribution in [0.5, 0.6) is 0 Å². The third kappa shape index (κ3) is 3.59. The van der Waals surface area contributed by atoms with Gasteiger partial charge in [0, 0.05) is 25.2 Å². The molecule has 19 heavy (non-hydrogen) atoms. The summed E-state index contributed by atoms with van der Waals surface area (Å²) in [6, 6.07) is 10.8. The number of amides is 1. The number of hydrogen-bond acceptors (Lipinski definition) is 1. The lowest BCUT2D eigenvalue weighted by Crippen LogP contribution is -2.12. The normalized spacial score (nSPS) is 10.3. The van der Waals surface area contributed by atoms with Crippen molar-refractivity contribution in [3.05, 3.63) is 61.5 Å². The molecule has 0 atom stereocenters. The minimum absolute atomic E-state index is 0.190. The minimum Gasteiger partial charge on any atom is -0.322 e. The third-order valence-electron chi connectivity index (χ3n) is 2.64. The first-order valence-electron chi connectivity index (χ1n) is 5.50. The summed E-state index contributed by atoms with van der Waals surface area (Å²) in [6.45, 7) is 1.94. The largest absolute Gasteiger partial charge is 0.322 e. The van der Waals surface area contributed by atoms with Gasteiger partial charge in [-0.1, -0.05) is 49.5 Å². The topological polar surface area (TPSA) is 29.1 Å². The molecule has 0 heterocycles. The summed E-state index contributed by atoms with van der Waals surface area (Å²) in [4.78, 5) is 12.2.